The molecule has 1 N–H and O–H groups in total. The van der Waals surface area contributed by atoms with Crippen molar-refractivity contribution in [3.8, 4) is 11.8 Å². The van der Waals surface area contributed by atoms with Crippen LogP contribution in [0.1, 0.15) is 34.9 Å². The number of ether oxygens (including phenoxy) is 1. The molecule has 0 bridgehead atoms. The van der Waals surface area contributed by atoms with E-state index in [1.807, 2.05) is 43.3 Å². The first kappa shape index (κ1) is 12.9. The summed E-state index contributed by atoms with van der Waals surface area (Å²) in [4.78, 5) is 0. The molecule has 0 fully saturated rings. The van der Waals surface area contributed by atoms with Crippen LogP contribution in [0.5, 0.6) is 5.75 Å². The Bertz CT molecular complexity index is 904. The van der Waals surface area contributed by atoms with E-state index in [1.54, 1.807) is 0 Å². The van der Waals surface area contributed by atoms with Gasteiger partial charge in [-0.15, -0.1) is 0 Å². The second-order valence-corrected chi connectivity index (χ2v) is 5.70. The van der Waals surface area contributed by atoms with Gasteiger partial charge in [0.1, 0.15) is 11.9 Å². The van der Waals surface area contributed by atoms with E-state index in [-0.39, 0.29) is 6.10 Å². The largest absolute Gasteiger partial charge is 0.486 e. The van der Waals surface area contributed by atoms with Gasteiger partial charge in [0.25, 0.3) is 0 Å². The molecule has 1 heterocycles. The second-order valence-electron chi connectivity index (χ2n) is 5.70. The molecule has 0 amide bonds. The van der Waals surface area contributed by atoms with E-state index in [4.69, 9.17) is 10.00 Å². The second kappa shape index (κ2) is 4.88. The van der Waals surface area contributed by atoms with Crippen LogP contribution in [-0.4, -0.2) is 10.2 Å². The van der Waals surface area contributed by atoms with E-state index < -0.39 is 0 Å². The Morgan fingerprint density at radius 2 is 2.18 bits per heavy atom. The number of hydrogen-bond donors (Lipinski definition) is 1. The summed E-state index contributed by atoms with van der Waals surface area (Å²) in [6, 6.07) is 14.0. The fraction of sp³-hybridized carbons (Fsp3) is 0.222. The lowest BCUT2D eigenvalue weighted by atomic mass is 10.1. The van der Waals surface area contributed by atoms with Crippen LogP contribution in [0.25, 0.3) is 10.9 Å². The normalized spacial score (nSPS) is 16.5. The van der Waals surface area contributed by atoms with Crippen molar-refractivity contribution in [1.29, 1.82) is 5.26 Å². The van der Waals surface area contributed by atoms with E-state index in [1.165, 1.54) is 11.1 Å². The fourth-order valence-electron chi connectivity index (χ4n) is 3.13. The Labute approximate surface area is 128 Å². The lowest BCUT2D eigenvalue weighted by molar-refractivity contribution is 0.208. The summed E-state index contributed by atoms with van der Waals surface area (Å²) in [5.74, 6) is 0.860. The highest BCUT2D eigenvalue weighted by Crippen LogP contribution is 2.36. The van der Waals surface area contributed by atoms with Gasteiger partial charge in [-0.05, 0) is 61.2 Å². The highest BCUT2D eigenvalue weighted by Gasteiger charge is 2.24. The highest BCUT2D eigenvalue weighted by molar-refractivity contribution is 5.82. The van der Waals surface area contributed by atoms with Crippen LogP contribution in [0.4, 0.5) is 0 Å². The van der Waals surface area contributed by atoms with Gasteiger partial charge in [0, 0.05) is 11.1 Å². The number of rotatable bonds is 2. The van der Waals surface area contributed by atoms with Crippen molar-refractivity contribution in [3.63, 3.8) is 0 Å². The first-order chi connectivity index (χ1) is 10.7. The number of aromatic nitrogens is 2. The summed E-state index contributed by atoms with van der Waals surface area (Å²) < 4.78 is 6.18. The van der Waals surface area contributed by atoms with Gasteiger partial charge in [0.05, 0.1) is 17.1 Å². The Morgan fingerprint density at radius 3 is 3.05 bits per heavy atom. The monoisotopic (exact) mass is 289 g/mol. The Kier molecular flexibility index (Phi) is 2.87. The van der Waals surface area contributed by atoms with Gasteiger partial charge in [-0.2, -0.15) is 10.4 Å². The molecule has 2 aromatic carbocycles. The molecule has 4 nitrogen and oxygen atoms in total. The summed E-state index contributed by atoms with van der Waals surface area (Å²) >= 11 is 0. The number of fused-ring (bicyclic) bond motifs is 2. The maximum absolute atomic E-state index is 8.99. The molecule has 1 aromatic heterocycles. The van der Waals surface area contributed by atoms with Crippen LogP contribution < -0.4 is 4.74 Å². The molecule has 22 heavy (non-hydrogen) atoms. The van der Waals surface area contributed by atoms with E-state index >= 15 is 0 Å². The smallest absolute Gasteiger partial charge is 0.124 e. The zero-order valence-electron chi connectivity index (χ0n) is 12.3. The molecule has 108 valence electrons. The highest BCUT2D eigenvalue weighted by atomic mass is 16.5. The molecular weight excluding hydrogens is 274 g/mol. The number of nitrogens with zero attached hydrogens (tertiary/aromatic N) is 2. The number of H-pyrrole nitrogens is 1. The molecule has 0 saturated heterocycles. The first-order valence-electron chi connectivity index (χ1n) is 7.39. The van der Waals surface area contributed by atoms with E-state index in [0.29, 0.717) is 0 Å². The minimum atomic E-state index is 0.0624. The fourth-order valence-corrected chi connectivity index (χ4v) is 3.13. The van der Waals surface area contributed by atoms with Crippen molar-refractivity contribution in [1.82, 2.24) is 10.2 Å². The predicted octanol–water partition coefficient (Wildman–Crippen LogP) is 3.81. The van der Waals surface area contributed by atoms with Gasteiger partial charge < -0.3 is 4.74 Å². The molecule has 0 spiro atoms. The van der Waals surface area contributed by atoms with Crippen LogP contribution in [0.15, 0.2) is 36.4 Å². The average molecular weight is 289 g/mol. The van der Waals surface area contributed by atoms with Crippen LogP contribution in [0, 0.1) is 18.3 Å². The van der Waals surface area contributed by atoms with Crippen molar-refractivity contribution in [2.45, 2.75) is 25.9 Å². The minimum Gasteiger partial charge on any atom is -0.486 e. The molecule has 0 radical (unpaired) electrons. The van der Waals surface area contributed by atoms with Crippen LogP contribution in [0.2, 0.25) is 0 Å². The van der Waals surface area contributed by atoms with E-state index in [0.717, 1.165) is 40.8 Å². The lowest BCUT2D eigenvalue weighted by Crippen LogP contribution is -2.03. The third-order valence-electron chi connectivity index (χ3n) is 4.29. The van der Waals surface area contributed by atoms with Gasteiger partial charge in [-0.25, -0.2) is 0 Å². The van der Waals surface area contributed by atoms with Gasteiger partial charge in [-0.1, -0.05) is 6.07 Å². The number of nitriles is 1. The lowest BCUT2D eigenvalue weighted by Gasteiger charge is -2.15. The van der Waals surface area contributed by atoms with Crippen molar-refractivity contribution in [2.24, 2.45) is 0 Å². The van der Waals surface area contributed by atoms with Crippen molar-refractivity contribution < 1.29 is 4.74 Å². The van der Waals surface area contributed by atoms with Gasteiger partial charge in [-0.3, -0.25) is 5.10 Å². The van der Waals surface area contributed by atoms with Crippen molar-refractivity contribution in [3.05, 3.63) is 58.8 Å². The van der Waals surface area contributed by atoms with Gasteiger partial charge in [0.2, 0.25) is 0 Å². The summed E-state index contributed by atoms with van der Waals surface area (Å²) in [7, 11) is 0. The number of nitrogens with one attached hydrogen (secondary N) is 1. The number of hydrogen-bond acceptors (Lipinski definition) is 3. The van der Waals surface area contributed by atoms with Gasteiger partial charge in [0.15, 0.2) is 0 Å². The molecule has 0 aliphatic heterocycles. The molecule has 3 aromatic rings. The summed E-state index contributed by atoms with van der Waals surface area (Å²) in [6.45, 7) is 2.01. The molecule has 1 atom stereocenters. The maximum atomic E-state index is 8.99. The van der Waals surface area contributed by atoms with E-state index in [2.05, 4.69) is 16.3 Å². The third kappa shape index (κ3) is 2.03. The first-order valence-corrected chi connectivity index (χ1v) is 7.39. The molecule has 4 rings (SSSR count). The van der Waals surface area contributed by atoms with Crippen molar-refractivity contribution in [2.75, 3.05) is 0 Å². The number of benzene rings is 2. The molecule has 1 aliphatic carbocycles. The van der Waals surface area contributed by atoms with Crippen LogP contribution >= 0.6 is 0 Å². The van der Waals surface area contributed by atoms with Gasteiger partial charge >= 0.3 is 0 Å². The minimum absolute atomic E-state index is 0.0624. The third-order valence-corrected chi connectivity index (χ3v) is 4.29. The predicted molar refractivity (Wildman–Crippen MR) is 83.7 cm³/mol. The number of aromatic amines is 1. The molecule has 4 heteroatoms. The summed E-state index contributed by atoms with van der Waals surface area (Å²) in [6.07, 6.45) is 1.97. The SMILES string of the molecule is Cc1[nH]nc2ccc(O[C@H]3CCc4cc(C#N)ccc43)cc12. The topological polar surface area (TPSA) is 61.7 Å². The standard InChI is InChI=1S/C18H15N3O/c1-11-16-9-14(4-6-17(16)21-20-11)22-18-7-3-13-8-12(10-19)2-5-15(13)18/h2,4-6,8-9,18H,3,7H2,1H3,(H,20,21)/t18-/m0/s1. The molecule has 1 aliphatic rings. The van der Waals surface area contributed by atoms with Crippen molar-refractivity contribution >= 4 is 10.9 Å². The average Bonchev–Trinajstić information content (AvgIpc) is 3.11. The Hall–Kier alpha value is -2.80. The maximum Gasteiger partial charge on any atom is 0.124 e. The molecule has 0 saturated carbocycles. The Balaban J connectivity index is 1.64. The van der Waals surface area contributed by atoms with E-state index in [9.17, 15) is 0 Å². The zero-order valence-corrected chi connectivity index (χ0v) is 12.3. The molecular formula is C18H15N3O. The zero-order chi connectivity index (χ0) is 15.1. The molecule has 0 unspecified atom stereocenters. The quantitative estimate of drug-likeness (QED) is 0.780. The summed E-state index contributed by atoms with van der Waals surface area (Å²) in [5, 5.41) is 17.3. The summed E-state index contributed by atoms with van der Waals surface area (Å²) in [5.41, 5.74) is 5.14. The van der Waals surface area contributed by atoms with Crippen LogP contribution in [-0.2, 0) is 6.42 Å². The van der Waals surface area contributed by atoms with Crippen LogP contribution in [0.3, 0.4) is 0 Å². The number of aryl methyl sites for hydroxylation is 2. The Morgan fingerprint density at radius 1 is 1.27 bits per heavy atom.